The van der Waals surface area contributed by atoms with E-state index in [-0.39, 0.29) is 23.8 Å². The lowest BCUT2D eigenvalue weighted by Gasteiger charge is -2.08. The molecule has 0 aliphatic rings. The summed E-state index contributed by atoms with van der Waals surface area (Å²) in [6.45, 7) is -0.350. The number of ether oxygens (including phenoxy) is 1. The lowest BCUT2D eigenvalue weighted by molar-refractivity contribution is 0.158. The molecule has 8 heteroatoms. The molecule has 0 radical (unpaired) electrons. The molecular formula is C6H10N4O4. The first kappa shape index (κ1) is 10.1. The van der Waals surface area contributed by atoms with E-state index >= 15 is 0 Å². The molecule has 14 heavy (non-hydrogen) atoms. The average Bonchev–Trinajstić information content (AvgIpc) is 2.18. The van der Waals surface area contributed by atoms with Crippen LogP contribution < -0.4 is 16.1 Å². The van der Waals surface area contributed by atoms with E-state index in [0.29, 0.717) is 0 Å². The van der Waals surface area contributed by atoms with Crippen LogP contribution in [0.2, 0.25) is 0 Å². The summed E-state index contributed by atoms with van der Waals surface area (Å²) in [5.41, 5.74) is 4.64. The summed E-state index contributed by atoms with van der Waals surface area (Å²) in [5.74, 6) is -1.32. The van der Waals surface area contributed by atoms with Crippen LogP contribution in [0, 0.1) is 5.41 Å². The van der Waals surface area contributed by atoms with E-state index in [9.17, 15) is 5.11 Å². The number of aliphatic hydroxyl groups is 1. The number of nitrogens with two attached hydrogens (primary N) is 1. The van der Waals surface area contributed by atoms with Gasteiger partial charge in [0.05, 0.1) is 6.61 Å². The first-order chi connectivity index (χ1) is 6.57. The topological polar surface area (TPSA) is 138 Å². The molecule has 0 saturated heterocycles. The van der Waals surface area contributed by atoms with Crippen LogP contribution in [0.15, 0.2) is 0 Å². The number of aromatic hydroxyl groups is 1. The van der Waals surface area contributed by atoms with Gasteiger partial charge in [0.1, 0.15) is 6.61 Å². The predicted octanol–water partition coefficient (Wildman–Crippen LogP) is -1.74. The predicted molar refractivity (Wildman–Crippen MR) is 43.9 cm³/mol. The number of anilines is 1. The Morgan fingerprint density at radius 1 is 1.57 bits per heavy atom. The first-order valence-electron chi connectivity index (χ1n) is 3.67. The third kappa shape index (κ3) is 1.69. The second-order valence-corrected chi connectivity index (χ2v) is 2.36. The van der Waals surface area contributed by atoms with Crippen molar-refractivity contribution in [3.05, 3.63) is 5.62 Å². The van der Waals surface area contributed by atoms with E-state index in [0.717, 1.165) is 0 Å². The Balaban J connectivity index is 3.13. The number of nitrogens with zero attached hydrogens (tertiary/aromatic N) is 2. The maximum Gasteiger partial charge on any atom is 0.264 e. The fourth-order valence-electron chi connectivity index (χ4n) is 0.763. The number of aromatic nitrogens is 2. The summed E-state index contributed by atoms with van der Waals surface area (Å²) < 4.78 is 4.98. The van der Waals surface area contributed by atoms with Gasteiger partial charge in [-0.2, -0.15) is 4.98 Å². The van der Waals surface area contributed by atoms with Gasteiger partial charge in [-0.25, -0.2) is 0 Å². The molecule has 0 bridgehead atoms. The van der Waals surface area contributed by atoms with E-state index in [1.165, 1.54) is 0 Å². The van der Waals surface area contributed by atoms with Crippen molar-refractivity contribution in [3.8, 4) is 11.6 Å². The van der Waals surface area contributed by atoms with Crippen LogP contribution in [0.25, 0.3) is 0 Å². The molecule has 0 atom stereocenters. The number of hydrogen-bond acceptors (Lipinski definition) is 7. The van der Waals surface area contributed by atoms with Crippen LogP contribution >= 0.6 is 0 Å². The fourth-order valence-corrected chi connectivity index (χ4v) is 0.763. The highest BCUT2D eigenvalue weighted by molar-refractivity contribution is 5.50. The van der Waals surface area contributed by atoms with Gasteiger partial charge in [0.2, 0.25) is 5.75 Å². The van der Waals surface area contributed by atoms with Crippen molar-refractivity contribution in [3.63, 3.8) is 0 Å². The van der Waals surface area contributed by atoms with Crippen LogP contribution in [0.4, 0.5) is 5.82 Å². The second-order valence-electron chi connectivity index (χ2n) is 2.36. The van der Waals surface area contributed by atoms with Crippen molar-refractivity contribution in [2.75, 3.05) is 18.9 Å². The largest absolute Gasteiger partial charge is 0.501 e. The smallest absolute Gasteiger partial charge is 0.264 e. The number of hydrogen-bond donors (Lipinski definition) is 5. The first-order valence-corrected chi connectivity index (χ1v) is 3.67. The van der Waals surface area contributed by atoms with Gasteiger partial charge in [-0.3, -0.25) is 5.41 Å². The molecule has 0 aromatic carbocycles. The summed E-state index contributed by atoms with van der Waals surface area (Å²) in [6.07, 6.45) is 0. The minimum Gasteiger partial charge on any atom is -0.501 e. The second kappa shape index (κ2) is 3.83. The SMILES string of the molecule is N=c1nc(OCCO)c(O)c(N)n1O. The zero-order valence-corrected chi connectivity index (χ0v) is 7.14. The minimum atomic E-state index is -0.576. The van der Waals surface area contributed by atoms with E-state index in [4.69, 9.17) is 26.2 Å². The Kier molecular flexibility index (Phi) is 2.77. The van der Waals surface area contributed by atoms with Gasteiger partial charge in [0.15, 0.2) is 5.82 Å². The fraction of sp³-hybridized carbons (Fsp3) is 0.333. The summed E-state index contributed by atoms with van der Waals surface area (Å²) >= 11 is 0. The van der Waals surface area contributed by atoms with E-state index in [2.05, 4.69) is 4.98 Å². The van der Waals surface area contributed by atoms with Crippen LogP contribution in [0.1, 0.15) is 0 Å². The summed E-state index contributed by atoms with van der Waals surface area (Å²) in [6, 6.07) is 0. The molecule has 1 rings (SSSR count). The molecule has 0 amide bonds. The zero-order valence-electron chi connectivity index (χ0n) is 7.14. The van der Waals surface area contributed by atoms with Crippen LogP contribution in [-0.4, -0.2) is 38.3 Å². The van der Waals surface area contributed by atoms with Gasteiger partial charge in [-0.15, -0.1) is 4.73 Å². The molecule has 0 unspecified atom stereocenters. The van der Waals surface area contributed by atoms with Crippen LogP contribution in [-0.2, 0) is 0 Å². The quantitative estimate of drug-likeness (QED) is 0.369. The highest BCUT2D eigenvalue weighted by atomic mass is 16.5. The van der Waals surface area contributed by atoms with Crippen molar-refractivity contribution in [1.82, 2.24) is 9.71 Å². The van der Waals surface area contributed by atoms with Crippen molar-refractivity contribution in [2.24, 2.45) is 0 Å². The number of nitrogens with one attached hydrogen (secondary N) is 1. The molecule has 0 aliphatic heterocycles. The highest BCUT2D eigenvalue weighted by Gasteiger charge is 2.12. The zero-order chi connectivity index (χ0) is 10.7. The van der Waals surface area contributed by atoms with Gasteiger partial charge in [0, 0.05) is 0 Å². The Bertz CT molecular complexity index is 388. The molecule has 0 saturated carbocycles. The molecule has 0 aliphatic carbocycles. The number of nitrogen functional groups attached to an aromatic ring is 1. The Hall–Kier alpha value is -1.96. The highest BCUT2D eigenvalue weighted by Crippen LogP contribution is 2.26. The van der Waals surface area contributed by atoms with Gasteiger partial charge in [0.25, 0.3) is 11.5 Å². The molecule has 1 aromatic heterocycles. The van der Waals surface area contributed by atoms with Gasteiger partial charge < -0.3 is 25.9 Å². The van der Waals surface area contributed by atoms with E-state index in [1.54, 1.807) is 0 Å². The third-order valence-electron chi connectivity index (χ3n) is 1.41. The average molecular weight is 202 g/mol. The number of aliphatic hydroxyl groups excluding tert-OH is 1. The monoisotopic (exact) mass is 202 g/mol. The van der Waals surface area contributed by atoms with Gasteiger partial charge >= 0.3 is 0 Å². The van der Waals surface area contributed by atoms with Gasteiger partial charge in [-0.1, -0.05) is 0 Å². The Morgan fingerprint density at radius 3 is 2.79 bits per heavy atom. The van der Waals surface area contributed by atoms with Crippen molar-refractivity contribution >= 4 is 5.82 Å². The molecule has 1 heterocycles. The Morgan fingerprint density at radius 2 is 2.21 bits per heavy atom. The van der Waals surface area contributed by atoms with Crippen molar-refractivity contribution < 1.29 is 20.2 Å². The van der Waals surface area contributed by atoms with E-state index in [1.807, 2.05) is 0 Å². The molecule has 6 N–H and O–H groups in total. The lowest BCUT2D eigenvalue weighted by atomic mass is 10.5. The standard InChI is InChI=1S/C6H10N4O4/c7-4-3(12)5(14-2-1-11)9-6(8)10(4)13/h8,11-13H,1-2,7H2. The third-order valence-corrected chi connectivity index (χ3v) is 1.41. The lowest BCUT2D eigenvalue weighted by Crippen LogP contribution is -2.24. The summed E-state index contributed by atoms with van der Waals surface area (Å²) in [5, 5.41) is 33.8. The normalized spacial score (nSPS) is 10.1. The van der Waals surface area contributed by atoms with Crippen LogP contribution in [0.5, 0.6) is 11.6 Å². The van der Waals surface area contributed by atoms with Crippen LogP contribution in [0.3, 0.4) is 0 Å². The van der Waals surface area contributed by atoms with E-state index < -0.39 is 17.2 Å². The minimum absolute atomic E-state index is 0.0884. The molecule has 0 fully saturated rings. The molecule has 0 spiro atoms. The molecule has 78 valence electrons. The molecule has 8 nitrogen and oxygen atoms in total. The van der Waals surface area contributed by atoms with Crippen molar-refractivity contribution in [1.29, 1.82) is 5.41 Å². The maximum atomic E-state index is 9.27. The summed E-state index contributed by atoms with van der Waals surface area (Å²) in [4.78, 5) is 3.39. The summed E-state index contributed by atoms with van der Waals surface area (Å²) in [7, 11) is 0. The van der Waals surface area contributed by atoms with Crippen molar-refractivity contribution in [2.45, 2.75) is 0 Å². The number of rotatable bonds is 3. The molecular weight excluding hydrogens is 192 g/mol. The molecule has 1 aromatic rings. The van der Waals surface area contributed by atoms with Gasteiger partial charge in [-0.05, 0) is 0 Å². The maximum absolute atomic E-state index is 9.27. The Labute approximate surface area is 78.3 Å².